The molecule has 0 N–H and O–H groups in total. The molecule has 1 aliphatic rings. The lowest BCUT2D eigenvalue weighted by Crippen LogP contribution is -2.41. The summed E-state index contributed by atoms with van der Waals surface area (Å²) in [6, 6.07) is 0. The lowest BCUT2D eigenvalue weighted by molar-refractivity contribution is -0.136. The Balaban J connectivity index is 2.55. The summed E-state index contributed by atoms with van der Waals surface area (Å²) in [6.07, 6.45) is 6.83. The van der Waals surface area contributed by atoms with E-state index in [4.69, 9.17) is 6.42 Å². The van der Waals surface area contributed by atoms with Crippen molar-refractivity contribution in [3.63, 3.8) is 0 Å². The second kappa shape index (κ2) is 3.18. The minimum absolute atomic E-state index is 0.169. The number of amides is 1. The largest absolute Gasteiger partial charge is 0.332 e. The van der Waals surface area contributed by atoms with Crippen molar-refractivity contribution in [2.75, 3.05) is 13.1 Å². The van der Waals surface area contributed by atoms with E-state index in [-0.39, 0.29) is 11.3 Å². The Morgan fingerprint density at radius 2 is 2.33 bits per heavy atom. The van der Waals surface area contributed by atoms with Crippen LogP contribution in [0.4, 0.5) is 0 Å². The molecule has 0 unspecified atom stereocenters. The van der Waals surface area contributed by atoms with Gasteiger partial charge in [-0.15, -0.1) is 6.42 Å². The van der Waals surface area contributed by atoms with Crippen LogP contribution in [0.15, 0.2) is 0 Å². The normalized spacial score (nSPS) is 22.1. The zero-order chi connectivity index (χ0) is 9.19. The fraction of sp³-hybridized carbons (Fsp3) is 0.700. The van der Waals surface area contributed by atoms with Gasteiger partial charge in [0.2, 0.25) is 5.91 Å². The summed E-state index contributed by atoms with van der Waals surface area (Å²) in [6.45, 7) is 5.53. The Labute approximate surface area is 73.9 Å². The van der Waals surface area contributed by atoms with Gasteiger partial charge in [0, 0.05) is 13.0 Å². The molecule has 0 spiro atoms. The van der Waals surface area contributed by atoms with Crippen LogP contribution in [0, 0.1) is 17.8 Å². The molecule has 0 aromatic carbocycles. The third-order valence-corrected chi connectivity index (χ3v) is 2.32. The number of carbonyl (C=O) groups is 1. The maximum absolute atomic E-state index is 11.4. The van der Waals surface area contributed by atoms with E-state index in [9.17, 15) is 4.79 Å². The van der Waals surface area contributed by atoms with Crippen LogP contribution in [0.2, 0.25) is 0 Å². The highest BCUT2D eigenvalue weighted by atomic mass is 16.2. The number of likely N-dealkylation sites (tertiary alicyclic amines) is 1. The van der Waals surface area contributed by atoms with E-state index in [1.165, 1.54) is 0 Å². The fourth-order valence-electron chi connectivity index (χ4n) is 1.45. The minimum Gasteiger partial charge on any atom is -0.332 e. The van der Waals surface area contributed by atoms with Crippen LogP contribution in [-0.4, -0.2) is 23.9 Å². The molecule has 66 valence electrons. The number of hydrogen-bond donors (Lipinski definition) is 0. The van der Waals surface area contributed by atoms with E-state index in [2.05, 4.69) is 19.8 Å². The highest BCUT2D eigenvalue weighted by Gasteiger charge is 2.30. The summed E-state index contributed by atoms with van der Waals surface area (Å²) in [5.74, 6) is 2.70. The minimum atomic E-state index is 0.169. The average Bonchev–Trinajstić information content (AvgIpc) is 1.94. The first kappa shape index (κ1) is 9.12. The van der Waals surface area contributed by atoms with E-state index in [1.54, 1.807) is 4.90 Å². The quantitative estimate of drug-likeness (QED) is 0.536. The van der Waals surface area contributed by atoms with Crippen molar-refractivity contribution in [1.29, 1.82) is 0 Å². The predicted molar refractivity (Wildman–Crippen MR) is 48.4 cm³/mol. The van der Waals surface area contributed by atoms with Gasteiger partial charge in [-0.25, -0.2) is 0 Å². The summed E-state index contributed by atoms with van der Waals surface area (Å²) in [7, 11) is 0. The van der Waals surface area contributed by atoms with Gasteiger partial charge in [0.1, 0.15) is 0 Å². The fourth-order valence-corrected chi connectivity index (χ4v) is 1.45. The zero-order valence-electron chi connectivity index (χ0n) is 7.76. The third kappa shape index (κ3) is 2.01. The molecule has 2 nitrogen and oxygen atoms in total. The highest BCUT2D eigenvalue weighted by molar-refractivity contribution is 5.77. The van der Waals surface area contributed by atoms with Crippen LogP contribution in [0.5, 0.6) is 0 Å². The summed E-state index contributed by atoms with van der Waals surface area (Å²) in [5, 5.41) is 0. The molecular formula is C10H15NO. The van der Waals surface area contributed by atoms with Crippen LogP contribution in [-0.2, 0) is 4.79 Å². The van der Waals surface area contributed by atoms with Gasteiger partial charge in [0.25, 0.3) is 0 Å². The first-order chi connectivity index (χ1) is 5.55. The van der Waals surface area contributed by atoms with Gasteiger partial charge in [-0.05, 0) is 11.8 Å². The van der Waals surface area contributed by atoms with Crippen molar-refractivity contribution in [3.8, 4) is 12.3 Å². The van der Waals surface area contributed by atoms with Crippen molar-refractivity contribution in [1.82, 2.24) is 4.90 Å². The van der Waals surface area contributed by atoms with Crippen molar-refractivity contribution in [2.24, 2.45) is 5.41 Å². The lowest BCUT2D eigenvalue weighted by atomic mass is 9.82. The Bertz CT molecular complexity index is 224. The van der Waals surface area contributed by atoms with Crippen LogP contribution in [0.3, 0.4) is 0 Å². The monoisotopic (exact) mass is 165 g/mol. The molecule has 0 aromatic heterocycles. The molecule has 1 saturated heterocycles. The Kier molecular flexibility index (Phi) is 2.42. The predicted octanol–water partition coefficient (Wildman–Crippen LogP) is 1.27. The van der Waals surface area contributed by atoms with E-state index in [1.807, 2.05) is 0 Å². The van der Waals surface area contributed by atoms with E-state index >= 15 is 0 Å². The smallest absolute Gasteiger partial charge is 0.223 e. The zero-order valence-corrected chi connectivity index (χ0v) is 7.76. The Morgan fingerprint density at radius 1 is 1.67 bits per heavy atom. The van der Waals surface area contributed by atoms with E-state index in [0.29, 0.717) is 13.0 Å². The second-order valence-electron chi connectivity index (χ2n) is 4.11. The first-order valence-electron chi connectivity index (χ1n) is 4.26. The molecule has 1 aliphatic heterocycles. The van der Waals surface area contributed by atoms with Gasteiger partial charge < -0.3 is 4.90 Å². The molecule has 0 radical (unpaired) electrons. The summed E-state index contributed by atoms with van der Waals surface area (Å²) < 4.78 is 0. The summed E-state index contributed by atoms with van der Waals surface area (Å²) >= 11 is 0. The van der Waals surface area contributed by atoms with Gasteiger partial charge in [0.05, 0.1) is 6.54 Å². The molecular weight excluding hydrogens is 150 g/mol. The second-order valence-corrected chi connectivity index (χ2v) is 4.11. The molecule has 1 amide bonds. The molecule has 0 atom stereocenters. The van der Waals surface area contributed by atoms with Crippen LogP contribution >= 0.6 is 0 Å². The SMILES string of the molecule is C#CCN1CCC(C)(C)CC1=O. The summed E-state index contributed by atoms with van der Waals surface area (Å²) in [4.78, 5) is 13.2. The number of terminal acetylenes is 1. The number of carbonyl (C=O) groups excluding carboxylic acids is 1. The van der Waals surface area contributed by atoms with Gasteiger partial charge in [-0.2, -0.15) is 0 Å². The van der Waals surface area contributed by atoms with Crippen LogP contribution in [0.1, 0.15) is 26.7 Å². The number of rotatable bonds is 1. The maximum Gasteiger partial charge on any atom is 0.223 e. The number of hydrogen-bond acceptors (Lipinski definition) is 1. The molecule has 1 fully saturated rings. The molecule has 12 heavy (non-hydrogen) atoms. The van der Waals surface area contributed by atoms with Crippen molar-refractivity contribution < 1.29 is 4.79 Å². The first-order valence-corrected chi connectivity index (χ1v) is 4.26. The van der Waals surface area contributed by atoms with Crippen molar-refractivity contribution in [2.45, 2.75) is 26.7 Å². The number of nitrogens with zero attached hydrogens (tertiary/aromatic N) is 1. The van der Waals surface area contributed by atoms with Gasteiger partial charge in [0.15, 0.2) is 0 Å². The Hall–Kier alpha value is -0.970. The average molecular weight is 165 g/mol. The van der Waals surface area contributed by atoms with Gasteiger partial charge >= 0.3 is 0 Å². The standard InChI is InChI=1S/C10H15NO/c1-4-6-11-7-5-10(2,3)8-9(11)12/h1H,5-8H2,2-3H3. The lowest BCUT2D eigenvalue weighted by Gasteiger charge is -2.35. The van der Waals surface area contributed by atoms with Crippen LogP contribution in [0.25, 0.3) is 0 Å². The van der Waals surface area contributed by atoms with Crippen molar-refractivity contribution in [3.05, 3.63) is 0 Å². The summed E-state index contributed by atoms with van der Waals surface area (Å²) in [5.41, 5.74) is 0.169. The van der Waals surface area contributed by atoms with Gasteiger partial charge in [-0.1, -0.05) is 19.8 Å². The topological polar surface area (TPSA) is 20.3 Å². The van der Waals surface area contributed by atoms with Gasteiger partial charge in [-0.3, -0.25) is 4.79 Å². The number of piperidine rings is 1. The Morgan fingerprint density at radius 3 is 2.83 bits per heavy atom. The van der Waals surface area contributed by atoms with E-state index < -0.39 is 0 Å². The molecule has 1 heterocycles. The molecule has 0 bridgehead atoms. The molecule has 2 heteroatoms. The van der Waals surface area contributed by atoms with Crippen LogP contribution < -0.4 is 0 Å². The highest BCUT2D eigenvalue weighted by Crippen LogP contribution is 2.30. The maximum atomic E-state index is 11.4. The molecule has 0 aromatic rings. The van der Waals surface area contributed by atoms with Crippen molar-refractivity contribution >= 4 is 5.91 Å². The van der Waals surface area contributed by atoms with E-state index in [0.717, 1.165) is 13.0 Å². The third-order valence-electron chi connectivity index (χ3n) is 2.32. The molecule has 0 aliphatic carbocycles. The molecule has 1 rings (SSSR count). The molecule has 0 saturated carbocycles.